The van der Waals surface area contributed by atoms with Gasteiger partial charge in [-0.05, 0) is 29.8 Å². The topological polar surface area (TPSA) is 78.1 Å². The van der Waals surface area contributed by atoms with Gasteiger partial charge in [0.1, 0.15) is 11.6 Å². The maximum atomic E-state index is 14.1. The number of nitrogens with one attached hydrogen (secondary N) is 2. The zero-order valence-corrected chi connectivity index (χ0v) is 14.2. The number of benzene rings is 2. The van der Waals surface area contributed by atoms with Crippen LogP contribution in [0.2, 0.25) is 0 Å². The van der Waals surface area contributed by atoms with Gasteiger partial charge in [-0.15, -0.1) is 0 Å². The van der Waals surface area contributed by atoms with Crippen molar-refractivity contribution in [3.63, 3.8) is 0 Å². The molecule has 0 bridgehead atoms. The second kappa shape index (κ2) is 6.79. The molecule has 6 nitrogen and oxygen atoms in total. The summed E-state index contributed by atoms with van der Waals surface area (Å²) in [6.07, 6.45) is 0.0259. The Morgan fingerprint density at radius 3 is 2.78 bits per heavy atom. The number of amides is 2. The molecule has 27 heavy (non-hydrogen) atoms. The van der Waals surface area contributed by atoms with E-state index in [-0.39, 0.29) is 48.3 Å². The lowest BCUT2D eigenvalue weighted by atomic mass is 10.1. The van der Waals surface area contributed by atoms with E-state index < -0.39 is 11.7 Å². The van der Waals surface area contributed by atoms with Crippen molar-refractivity contribution in [3.8, 4) is 0 Å². The lowest BCUT2D eigenvalue weighted by Crippen LogP contribution is -2.32. The van der Waals surface area contributed by atoms with Crippen molar-refractivity contribution >= 4 is 28.5 Å². The van der Waals surface area contributed by atoms with Crippen LogP contribution in [0.4, 0.5) is 14.6 Å². The van der Waals surface area contributed by atoms with Crippen LogP contribution in [0.3, 0.4) is 0 Å². The van der Waals surface area contributed by atoms with Gasteiger partial charge in [0, 0.05) is 19.5 Å². The molecule has 1 aromatic heterocycles. The second-order valence-electron chi connectivity index (χ2n) is 6.46. The van der Waals surface area contributed by atoms with Gasteiger partial charge in [-0.3, -0.25) is 19.6 Å². The molecule has 0 radical (unpaired) electrons. The van der Waals surface area contributed by atoms with Gasteiger partial charge in [-0.2, -0.15) is 5.10 Å². The summed E-state index contributed by atoms with van der Waals surface area (Å²) < 4.78 is 27.1. The summed E-state index contributed by atoms with van der Waals surface area (Å²) in [6, 6.07) is 10.3. The fourth-order valence-electron chi connectivity index (χ4n) is 3.23. The first-order chi connectivity index (χ1) is 13.0. The third-order valence-corrected chi connectivity index (χ3v) is 4.65. The summed E-state index contributed by atoms with van der Waals surface area (Å²) in [5, 5.41) is 9.75. The Kier molecular flexibility index (Phi) is 4.31. The van der Waals surface area contributed by atoms with E-state index >= 15 is 0 Å². The Hall–Kier alpha value is -3.29. The molecule has 0 aliphatic carbocycles. The number of aromatic amines is 1. The second-order valence-corrected chi connectivity index (χ2v) is 6.46. The molecule has 1 fully saturated rings. The third kappa shape index (κ3) is 3.25. The van der Waals surface area contributed by atoms with Crippen LogP contribution in [0.1, 0.15) is 12.0 Å². The van der Waals surface area contributed by atoms with Crippen LogP contribution in [-0.2, 0) is 16.1 Å². The molecule has 3 aromatic rings. The number of carbonyl (C=O) groups is 2. The minimum Gasteiger partial charge on any atom is -0.352 e. The van der Waals surface area contributed by atoms with Crippen LogP contribution in [0, 0.1) is 17.6 Å². The van der Waals surface area contributed by atoms with Gasteiger partial charge in [0.25, 0.3) is 0 Å². The maximum absolute atomic E-state index is 14.1. The summed E-state index contributed by atoms with van der Waals surface area (Å²) in [7, 11) is 0. The van der Waals surface area contributed by atoms with E-state index in [9.17, 15) is 18.4 Å². The van der Waals surface area contributed by atoms with Crippen molar-refractivity contribution in [1.82, 2.24) is 15.5 Å². The summed E-state index contributed by atoms with van der Waals surface area (Å²) in [4.78, 5) is 26.1. The highest BCUT2D eigenvalue weighted by atomic mass is 19.1. The van der Waals surface area contributed by atoms with Crippen LogP contribution in [0.25, 0.3) is 10.9 Å². The van der Waals surface area contributed by atoms with E-state index in [4.69, 9.17) is 0 Å². The zero-order valence-electron chi connectivity index (χ0n) is 14.2. The first-order valence-electron chi connectivity index (χ1n) is 8.48. The van der Waals surface area contributed by atoms with Crippen molar-refractivity contribution in [2.75, 3.05) is 11.4 Å². The molecule has 0 spiro atoms. The number of fused-ring (bicyclic) bond motifs is 1. The quantitative estimate of drug-likeness (QED) is 0.741. The molecule has 138 valence electrons. The van der Waals surface area contributed by atoms with Crippen molar-refractivity contribution < 1.29 is 18.4 Å². The predicted octanol–water partition coefficient (Wildman–Crippen LogP) is 2.51. The highest BCUT2D eigenvalue weighted by Crippen LogP contribution is 2.31. The average molecular weight is 370 g/mol. The monoisotopic (exact) mass is 370 g/mol. The Balaban J connectivity index is 1.47. The molecule has 2 heterocycles. The molecule has 8 heteroatoms. The number of H-pyrrole nitrogens is 1. The highest BCUT2D eigenvalue weighted by molar-refractivity contribution is 6.05. The Morgan fingerprint density at radius 2 is 2.00 bits per heavy atom. The zero-order chi connectivity index (χ0) is 19.0. The molecule has 1 atom stereocenters. The molecule has 1 aliphatic rings. The molecule has 2 N–H and O–H groups in total. The summed E-state index contributed by atoms with van der Waals surface area (Å²) >= 11 is 0. The fourth-order valence-corrected chi connectivity index (χ4v) is 3.23. The molecular formula is C19H16F2N4O2. The summed E-state index contributed by atoms with van der Waals surface area (Å²) in [5.74, 6) is -1.75. The number of anilines is 1. The number of hydrogen-bond acceptors (Lipinski definition) is 3. The minimum atomic E-state index is -0.559. The van der Waals surface area contributed by atoms with E-state index in [2.05, 4.69) is 15.5 Å². The Bertz CT molecular complexity index is 1020. The summed E-state index contributed by atoms with van der Waals surface area (Å²) in [5.41, 5.74) is 1.24. The first kappa shape index (κ1) is 17.1. The molecule has 0 saturated carbocycles. The Morgan fingerprint density at radius 1 is 1.22 bits per heavy atom. The van der Waals surface area contributed by atoms with Gasteiger partial charge >= 0.3 is 0 Å². The van der Waals surface area contributed by atoms with E-state index in [1.807, 2.05) is 0 Å². The lowest BCUT2D eigenvalue weighted by molar-refractivity contribution is -0.126. The standard InChI is InChI=1S/C19H16F2N4O2/c20-13-6-4-11(5-7-13)9-22-19(27)12-8-16(26)25(10-12)18-17-14(21)2-1-3-15(17)23-24-18/h1-7,12H,8-10H2,(H,22,27)(H,23,24)/t12-/m1/s1. The molecular weight excluding hydrogens is 354 g/mol. The van der Waals surface area contributed by atoms with Crippen LogP contribution in [-0.4, -0.2) is 28.6 Å². The number of carbonyl (C=O) groups excluding carboxylic acids is 2. The number of hydrogen-bond donors (Lipinski definition) is 2. The van der Waals surface area contributed by atoms with E-state index in [0.717, 1.165) is 5.56 Å². The van der Waals surface area contributed by atoms with Gasteiger partial charge in [0.05, 0.1) is 16.8 Å². The van der Waals surface area contributed by atoms with E-state index in [1.165, 1.54) is 23.1 Å². The van der Waals surface area contributed by atoms with Gasteiger partial charge in [-0.25, -0.2) is 8.78 Å². The normalized spacial score (nSPS) is 16.9. The van der Waals surface area contributed by atoms with Crippen LogP contribution in [0.5, 0.6) is 0 Å². The van der Waals surface area contributed by atoms with E-state index in [0.29, 0.717) is 5.52 Å². The lowest BCUT2D eigenvalue weighted by Gasteiger charge is -2.14. The molecule has 1 saturated heterocycles. The van der Waals surface area contributed by atoms with Gasteiger partial charge < -0.3 is 5.32 Å². The highest BCUT2D eigenvalue weighted by Gasteiger charge is 2.37. The van der Waals surface area contributed by atoms with E-state index in [1.54, 1.807) is 24.3 Å². The molecule has 2 amide bonds. The number of halogens is 2. The fraction of sp³-hybridized carbons (Fsp3) is 0.211. The SMILES string of the molecule is O=C(NCc1ccc(F)cc1)[C@@H]1CC(=O)N(c2n[nH]c3cccc(F)c23)C1. The molecule has 4 rings (SSSR count). The van der Waals surface area contributed by atoms with Crippen molar-refractivity contribution in [2.45, 2.75) is 13.0 Å². The van der Waals surface area contributed by atoms with Gasteiger partial charge in [0.15, 0.2) is 5.82 Å². The van der Waals surface area contributed by atoms with Crippen molar-refractivity contribution in [1.29, 1.82) is 0 Å². The smallest absolute Gasteiger partial charge is 0.229 e. The van der Waals surface area contributed by atoms with Crippen LogP contribution >= 0.6 is 0 Å². The predicted molar refractivity (Wildman–Crippen MR) is 94.8 cm³/mol. The van der Waals surface area contributed by atoms with Crippen LogP contribution < -0.4 is 10.2 Å². The van der Waals surface area contributed by atoms with Crippen LogP contribution in [0.15, 0.2) is 42.5 Å². The largest absolute Gasteiger partial charge is 0.352 e. The first-order valence-corrected chi connectivity index (χ1v) is 8.48. The molecule has 1 aliphatic heterocycles. The third-order valence-electron chi connectivity index (χ3n) is 4.65. The molecule has 2 aromatic carbocycles. The number of nitrogens with zero attached hydrogens (tertiary/aromatic N) is 2. The number of rotatable bonds is 4. The van der Waals surface area contributed by atoms with Gasteiger partial charge in [-0.1, -0.05) is 18.2 Å². The Labute approximate surface area is 153 Å². The summed E-state index contributed by atoms with van der Waals surface area (Å²) in [6.45, 7) is 0.367. The maximum Gasteiger partial charge on any atom is 0.229 e. The molecule has 0 unspecified atom stereocenters. The van der Waals surface area contributed by atoms with Crippen molar-refractivity contribution in [3.05, 3.63) is 59.7 Å². The number of aromatic nitrogens is 2. The van der Waals surface area contributed by atoms with Crippen molar-refractivity contribution in [2.24, 2.45) is 5.92 Å². The van der Waals surface area contributed by atoms with Gasteiger partial charge in [0.2, 0.25) is 11.8 Å². The average Bonchev–Trinajstić information content (AvgIpc) is 3.25. The minimum absolute atomic E-state index is 0.0259.